The molecule has 0 spiro atoms. The van der Waals surface area contributed by atoms with Crippen molar-refractivity contribution in [2.75, 3.05) is 13.7 Å². The standard InChI is InChI=1S/C15H11FN4O4S/c1-23-13-3-2-9(6-10(13)16)12(21)7-24-15(22)14-11(4-5-25-14)20-8-17-18-19-20/h2-6,8H,7H2,1H3. The van der Waals surface area contributed by atoms with E-state index in [1.165, 1.54) is 30.3 Å². The molecule has 0 aliphatic heterocycles. The average Bonchev–Trinajstić information content (AvgIpc) is 3.29. The van der Waals surface area contributed by atoms with Crippen LogP contribution in [0.25, 0.3) is 5.69 Å². The largest absolute Gasteiger partial charge is 0.494 e. The van der Waals surface area contributed by atoms with Gasteiger partial charge in [0.2, 0.25) is 0 Å². The molecule has 0 fully saturated rings. The minimum atomic E-state index is -0.692. The molecule has 3 rings (SSSR count). The van der Waals surface area contributed by atoms with Crippen LogP contribution in [-0.2, 0) is 4.74 Å². The maximum absolute atomic E-state index is 13.6. The topological polar surface area (TPSA) is 96.2 Å². The van der Waals surface area contributed by atoms with Crippen LogP contribution in [0.2, 0.25) is 0 Å². The fraction of sp³-hybridized carbons (Fsp3) is 0.133. The van der Waals surface area contributed by atoms with Crippen molar-refractivity contribution in [2.45, 2.75) is 0 Å². The highest BCUT2D eigenvalue weighted by molar-refractivity contribution is 7.12. The summed E-state index contributed by atoms with van der Waals surface area (Å²) in [7, 11) is 1.32. The van der Waals surface area contributed by atoms with E-state index in [1.807, 2.05) is 0 Å². The third-order valence-corrected chi connectivity index (χ3v) is 4.12. The molecule has 0 unspecified atom stereocenters. The number of nitrogens with zero attached hydrogens (tertiary/aromatic N) is 4. The lowest BCUT2D eigenvalue weighted by atomic mass is 10.1. The van der Waals surface area contributed by atoms with Crippen LogP contribution in [0.15, 0.2) is 36.0 Å². The monoisotopic (exact) mass is 362 g/mol. The number of rotatable bonds is 6. The highest BCUT2D eigenvalue weighted by Crippen LogP contribution is 2.21. The summed E-state index contributed by atoms with van der Waals surface area (Å²) >= 11 is 1.13. The lowest BCUT2D eigenvalue weighted by molar-refractivity contribution is 0.0479. The summed E-state index contributed by atoms with van der Waals surface area (Å²) in [6.45, 7) is -0.516. The summed E-state index contributed by atoms with van der Waals surface area (Å²) in [6, 6.07) is 5.42. The predicted molar refractivity (Wildman–Crippen MR) is 84.6 cm³/mol. The van der Waals surface area contributed by atoms with Gasteiger partial charge in [-0.3, -0.25) is 4.79 Å². The van der Waals surface area contributed by atoms with Crippen LogP contribution >= 0.6 is 11.3 Å². The number of hydrogen-bond acceptors (Lipinski definition) is 8. The summed E-state index contributed by atoms with van der Waals surface area (Å²) in [4.78, 5) is 24.5. The van der Waals surface area contributed by atoms with Crippen LogP contribution in [0.4, 0.5) is 4.39 Å². The minimum Gasteiger partial charge on any atom is -0.494 e. The van der Waals surface area contributed by atoms with Crippen LogP contribution in [-0.4, -0.2) is 45.7 Å². The first-order chi connectivity index (χ1) is 12.1. The molecule has 0 saturated carbocycles. The Morgan fingerprint density at radius 2 is 2.16 bits per heavy atom. The van der Waals surface area contributed by atoms with Crippen molar-refractivity contribution < 1.29 is 23.5 Å². The van der Waals surface area contributed by atoms with Crippen LogP contribution in [0.5, 0.6) is 5.75 Å². The average molecular weight is 362 g/mol. The third kappa shape index (κ3) is 3.53. The highest BCUT2D eigenvalue weighted by Gasteiger charge is 2.19. The van der Waals surface area contributed by atoms with Gasteiger partial charge < -0.3 is 9.47 Å². The van der Waals surface area contributed by atoms with Gasteiger partial charge in [0.25, 0.3) is 0 Å². The number of methoxy groups -OCH3 is 1. The molecule has 0 atom stereocenters. The zero-order chi connectivity index (χ0) is 17.8. The van der Waals surface area contributed by atoms with Crippen molar-refractivity contribution >= 4 is 23.1 Å². The van der Waals surface area contributed by atoms with Crippen molar-refractivity contribution in [1.29, 1.82) is 0 Å². The molecule has 0 radical (unpaired) electrons. The molecule has 0 amide bonds. The molecule has 1 aromatic carbocycles. The number of Topliss-reactive ketones (excluding diaryl/α,β-unsaturated/α-hetero) is 1. The van der Waals surface area contributed by atoms with Crippen LogP contribution in [0, 0.1) is 5.82 Å². The van der Waals surface area contributed by atoms with Crippen molar-refractivity contribution in [3.63, 3.8) is 0 Å². The van der Waals surface area contributed by atoms with Crippen LogP contribution in [0.1, 0.15) is 20.0 Å². The number of carbonyl (C=O) groups excluding carboxylic acids is 2. The lowest BCUT2D eigenvalue weighted by Gasteiger charge is -2.06. The first-order valence-corrected chi connectivity index (χ1v) is 7.83. The molecule has 0 aliphatic rings. The van der Waals surface area contributed by atoms with E-state index in [-0.39, 0.29) is 16.2 Å². The Kier molecular flexibility index (Phi) is 4.80. The number of tetrazole rings is 1. The third-order valence-electron chi connectivity index (χ3n) is 3.23. The second-order valence-electron chi connectivity index (χ2n) is 4.74. The number of thiophene rings is 1. The summed E-state index contributed by atoms with van der Waals surface area (Å²) in [5, 5.41) is 12.4. The molecule has 10 heteroatoms. The summed E-state index contributed by atoms with van der Waals surface area (Å²) in [5.74, 6) is -1.87. The van der Waals surface area contributed by atoms with Gasteiger partial charge in [-0.25, -0.2) is 9.18 Å². The number of aromatic nitrogens is 4. The summed E-state index contributed by atoms with van der Waals surface area (Å²) in [6.07, 6.45) is 1.34. The van der Waals surface area contributed by atoms with Crippen molar-refractivity contribution in [3.8, 4) is 11.4 Å². The first kappa shape index (κ1) is 16.7. The van der Waals surface area contributed by atoms with Gasteiger partial charge >= 0.3 is 5.97 Å². The maximum atomic E-state index is 13.6. The number of ether oxygens (including phenoxy) is 2. The van der Waals surface area contributed by atoms with Crippen LogP contribution in [0.3, 0.4) is 0 Å². The molecular weight excluding hydrogens is 351 g/mol. The van der Waals surface area contributed by atoms with E-state index in [4.69, 9.17) is 9.47 Å². The van der Waals surface area contributed by atoms with E-state index in [1.54, 1.807) is 11.4 Å². The molecule has 0 aliphatic carbocycles. The molecule has 25 heavy (non-hydrogen) atoms. The smallest absolute Gasteiger partial charge is 0.351 e. The lowest BCUT2D eigenvalue weighted by Crippen LogP contribution is -2.15. The molecular formula is C15H11FN4O4S. The zero-order valence-corrected chi connectivity index (χ0v) is 13.7. The van der Waals surface area contributed by atoms with Gasteiger partial charge in [-0.2, -0.15) is 4.68 Å². The van der Waals surface area contributed by atoms with E-state index in [9.17, 15) is 14.0 Å². The quantitative estimate of drug-likeness (QED) is 0.488. The molecule has 8 nitrogen and oxygen atoms in total. The molecule has 0 bridgehead atoms. The number of halogens is 1. The molecule has 0 saturated heterocycles. The van der Waals surface area contributed by atoms with Gasteiger partial charge in [0.15, 0.2) is 24.0 Å². The van der Waals surface area contributed by atoms with E-state index in [0.29, 0.717) is 5.69 Å². The Hall–Kier alpha value is -3.14. The van der Waals surface area contributed by atoms with E-state index in [0.717, 1.165) is 17.4 Å². The molecule has 2 heterocycles. The predicted octanol–water partition coefficient (Wildman–Crippen LogP) is 1.91. The fourth-order valence-electron chi connectivity index (χ4n) is 2.03. The summed E-state index contributed by atoms with van der Waals surface area (Å²) < 4.78 is 24.8. The molecule has 0 N–H and O–H groups in total. The Bertz CT molecular complexity index is 910. The first-order valence-electron chi connectivity index (χ1n) is 6.95. The second-order valence-corrected chi connectivity index (χ2v) is 5.65. The van der Waals surface area contributed by atoms with Gasteiger partial charge in [-0.1, -0.05) is 0 Å². The van der Waals surface area contributed by atoms with Gasteiger partial charge in [-0.15, -0.1) is 16.4 Å². The summed E-state index contributed by atoms with van der Waals surface area (Å²) in [5.41, 5.74) is 0.529. The van der Waals surface area contributed by atoms with E-state index in [2.05, 4.69) is 15.5 Å². The van der Waals surface area contributed by atoms with Gasteiger partial charge in [-0.05, 0) is 40.1 Å². The molecule has 2 aromatic heterocycles. The minimum absolute atomic E-state index is 0.0261. The Balaban J connectivity index is 1.68. The van der Waals surface area contributed by atoms with Crippen molar-refractivity contribution in [1.82, 2.24) is 20.2 Å². The SMILES string of the molecule is COc1ccc(C(=O)COC(=O)c2sccc2-n2cnnn2)cc1F. The second kappa shape index (κ2) is 7.18. The van der Waals surface area contributed by atoms with Gasteiger partial charge in [0.05, 0.1) is 12.8 Å². The highest BCUT2D eigenvalue weighted by atomic mass is 32.1. The molecule has 3 aromatic rings. The van der Waals surface area contributed by atoms with Gasteiger partial charge in [0, 0.05) is 5.56 Å². The van der Waals surface area contributed by atoms with Crippen molar-refractivity contribution in [3.05, 3.63) is 52.2 Å². The zero-order valence-electron chi connectivity index (χ0n) is 12.9. The normalized spacial score (nSPS) is 10.5. The Labute approximate surface area is 144 Å². The van der Waals surface area contributed by atoms with E-state index < -0.39 is 24.2 Å². The Morgan fingerprint density at radius 1 is 1.32 bits per heavy atom. The Morgan fingerprint density at radius 3 is 2.84 bits per heavy atom. The molecule has 128 valence electrons. The number of benzene rings is 1. The number of hydrogen-bond donors (Lipinski definition) is 0. The van der Waals surface area contributed by atoms with Crippen LogP contribution < -0.4 is 4.74 Å². The number of carbonyl (C=O) groups is 2. The number of ketones is 1. The van der Waals surface area contributed by atoms with Gasteiger partial charge in [0.1, 0.15) is 11.2 Å². The fourth-order valence-corrected chi connectivity index (χ4v) is 2.80. The van der Waals surface area contributed by atoms with Crippen molar-refractivity contribution in [2.24, 2.45) is 0 Å². The number of esters is 1. The van der Waals surface area contributed by atoms with E-state index >= 15 is 0 Å². The maximum Gasteiger partial charge on any atom is 0.351 e.